The molecular weight excluding hydrogens is 256 g/mol. The molecule has 0 atom stereocenters. The van der Waals surface area contributed by atoms with Crippen LogP contribution in [-0.4, -0.2) is 34.3 Å². The molecule has 5 nitrogen and oxygen atoms in total. The lowest BCUT2D eigenvalue weighted by Crippen LogP contribution is -2.36. The summed E-state index contributed by atoms with van der Waals surface area (Å²) in [5.41, 5.74) is 0.771. The van der Waals surface area contributed by atoms with Crippen LogP contribution in [0.5, 0.6) is 0 Å². The molecule has 0 aromatic carbocycles. The highest BCUT2D eigenvalue weighted by atomic mass is 16.4. The van der Waals surface area contributed by atoms with Crippen LogP contribution in [0.15, 0.2) is 12.3 Å². The maximum Gasteiger partial charge on any atom is 0.339 e. The fourth-order valence-corrected chi connectivity index (χ4v) is 2.93. The zero-order valence-corrected chi connectivity index (χ0v) is 11.9. The summed E-state index contributed by atoms with van der Waals surface area (Å²) in [6.45, 7) is 2.47. The van der Waals surface area contributed by atoms with Crippen molar-refractivity contribution in [2.75, 3.05) is 18.5 Å². The van der Waals surface area contributed by atoms with Crippen LogP contribution >= 0.6 is 0 Å². The second-order valence-corrected chi connectivity index (χ2v) is 5.73. The summed E-state index contributed by atoms with van der Waals surface area (Å²) in [5, 5.41) is 22.1. The van der Waals surface area contributed by atoms with Gasteiger partial charge in [0.05, 0.1) is 6.61 Å². The fourth-order valence-electron chi connectivity index (χ4n) is 2.93. The molecule has 1 heterocycles. The van der Waals surface area contributed by atoms with Crippen LogP contribution in [0.3, 0.4) is 0 Å². The Morgan fingerprint density at radius 3 is 2.70 bits per heavy atom. The zero-order valence-electron chi connectivity index (χ0n) is 11.9. The molecule has 0 saturated heterocycles. The highest BCUT2D eigenvalue weighted by Crippen LogP contribution is 2.36. The van der Waals surface area contributed by atoms with Gasteiger partial charge in [0.2, 0.25) is 0 Å². The summed E-state index contributed by atoms with van der Waals surface area (Å²) in [7, 11) is 0. The molecule has 20 heavy (non-hydrogen) atoms. The zero-order chi connectivity index (χ0) is 14.6. The molecule has 0 bridgehead atoms. The van der Waals surface area contributed by atoms with Gasteiger partial charge in [0.25, 0.3) is 0 Å². The quantitative estimate of drug-likeness (QED) is 0.770. The van der Waals surface area contributed by atoms with Crippen molar-refractivity contribution < 1.29 is 15.0 Å². The second-order valence-electron chi connectivity index (χ2n) is 5.73. The van der Waals surface area contributed by atoms with E-state index in [2.05, 4.69) is 10.3 Å². The Morgan fingerprint density at radius 1 is 1.40 bits per heavy atom. The third kappa shape index (κ3) is 3.10. The van der Waals surface area contributed by atoms with Gasteiger partial charge in [0, 0.05) is 18.2 Å². The predicted octanol–water partition coefficient (Wildman–Crippen LogP) is 2.44. The lowest BCUT2D eigenvalue weighted by molar-refractivity contribution is 0.0696. The van der Waals surface area contributed by atoms with E-state index in [4.69, 9.17) is 0 Å². The first-order valence-electron chi connectivity index (χ1n) is 7.12. The summed E-state index contributed by atoms with van der Waals surface area (Å²) in [4.78, 5) is 15.5. The molecule has 1 aliphatic rings. The molecule has 0 amide bonds. The van der Waals surface area contributed by atoms with Gasteiger partial charge >= 0.3 is 5.97 Å². The molecule has 0 radical (unpaired) electrons. The van der Waals surface area contributed by atoms with Gasteiger partial charge in [0.15, 0.2) is 0 Å². The van der Waals surface area contributed by atoms with Crippen LogP contribution < -0.4 is 5.32 Å². The summed E-state index contributed by atoms with van der Waals surface area (Å²) in [5.74, 6) is -0.573. The van der Waals surface area contributed by atoms with Crippen LogP contribution in [0, 0.1) is 12.3 Å². The molecule has 2 rings (SSSR count). The van der Waals surface area contributed by atoms with E-state index in [9.17, 15) is 15.0 Å². The molecule has 0 aliphatic heterocycles. The maximum atomic E-state index is 11.3. The van der Waals surface area contributed by atoms with E-state index in [-0.39, 0.29) is 17.6 Å². The molecular formula is C15H22N2O3. The van der Waals surface area contributed by atoms with Gasteiger partial charge in [-0.05, 0) is 31.4 Å². The number of pyridine rings is 1. The molecule has 0 unspecified atom stereocenters. The molecule has 5 heteroatoms. The number of nitrogens with zero attached hydrogens (tertiary/aromatic N) is 1. The van der Waals surface area contributed by atoms with Gasteiger partial charge in [-0.25, -0.2) is 9.78 Å². The summed E-state index contributed by atoms with van der Waals surface area (Å²) in [6, 6.07) is 1.69. The number of carboxylic acid groups (broad SMARTS) is 1. The largest absolute Gasteiger partial charge is 0.478 e. The summed E-state index contributed by atoms with van der Waals surface area (Å²) < 4.78 is 0. The van der Waals surface area contributed by atoms with Gasteiger partial charge in [-0.15, -0.1) is 0 Å². The van der Waals surface area contributed by atoms with E-state index in [1.54, 1.807) is 19.2 Å². The number of anilines is 1. The Bertz CT molecular complexity index is 482. The lowest BCUT2D eigenvalue weighted by Gasteiger charge is -2.36. The SMILES string of the molecule is Cc1ccnc(NCC2(CO)CCCCC2)c1C(=O)O. The summed E-state index contributed by atoms with van der Waals surface area (Å²) in [6.07, 6.45) is 7.02. The molecule has 1 aliphatic carbocycles. The Kier molecular flexibility index (Phi) is 4.60. The molecule has 1 saturated carbocycles. The average molecular weight is 278 g/mol. The number of carbonyl (C=O) groups is 1. The first-order valence-corrected chi connectivity index (χ1v) is 7.12. The number of aromatic carboxylic acids is 1. The Hall–Kier alpha value is -1.62. The number of aromatic nitrogens is 1. The second kappa shape index (κ2) is 6.22. The molecule has 0 spiro atoms. The minimum Gasteiger partial charge on any atom is -0.478 e. The summed E-state index contributed by atoms with van der Waals surface area (Å²) >= 11 is 0. The van der Waals surface area contributed by atoms with Crippen molar-refractivity contribution in [2.24, 2.45) is 5.41 Å². The highest BCUT2D eigenvalue weighted by Gasteiger charge is 2.31. The Labute approximate surface area is 119 Å². The van der Waals surface area contributed by atoms with Crippen molar-refractivity contribution in [2.45, 2.75) is 39.0 Å². The van der Waals surface area contributed by atoms with Gasteiger partial charge < -0.3 is 15.5 Å². The number of carboxylic acids is 1. The Morgan fingerprint density at radius 2 is 2.10 bits per heavy atom. The average Bonchev–Trinajstić information content (AvgIpc) is 2.45. The monoisotopic (exact) mass is 278 g/mol. The van der Waals surface area contributed by atoms with Crippen LogP contribution in [0.4, 0.5) is 5.82 Å². The van der Waals surface area contributed by atoms with E-state index in [1.807, 2.05) is 0 Å². The number of aryl methyl sites for hydroxylation is 1. The van der Waals surface area contributed by atoms with Crippen molar-refractivity contribution in [3.05, 3.63) is 23.4 Å². The van der Waals surface area contributed by atoms with Crippen molar-refractivity contribution in [1.29, 1.82) is 0 Å². The predicted molar refractivity (Wildman–Crippen MR) is 77.0 cm³/mol. The lowest BCUT2D eigenvalue weighted by atomic mass is 9.74. The minimum atomic E-state index is -0.972. The third-order valence-corrected chi connectivity index (χ3v) is 4.25. The number of hydrogen-bond donors (Lipinski definition) is 3. The van der Waals surface area contributed by atoms with Gasteiger partial charge in [-0.2, -0.15) is 0 Å². The highest BCUT2D eigenvalue weighted by molar-refractivity contribution is 5.94. The minimum absolute atomic E-state index is 0.133. The first-order chi connectivity index (χ1) is 9.58. The number of aliphatic hydroxyl groups excluding tert-OH is 1. The normalized spacial score (nSPS) is 17.7. The number of aliphatic hydroxyl groups is 1. The third-order valence-electron chi connectivity index (χ3n) is 4.25. The van der Waals surface area contributed by atoms with Gasteiger partial charge in [-0.1, -0.05) is 19.3 Å². The molecule has 3 N–H and O–H groups in total. The van der Waals surface area contributed by atoms with Crippen molar-refractivity contribution in [3.8, 4) is 0 Å². The standard InChI is InChI=1S/C15H22N2O3/c1-11-5-8-16-13(12(11)14(19)20)17-9-15(10-18)6-3-2-4-7-15/h5,8,18H,2-4,6-7,9-10H2,1H3,(H,16,17)(H,19,20). The number of rotatable bonds is 5. The van der Waals surface area contributed by atoms with Crippen molar-refractivity contribution >= 4 is 11.8 Å². The molecule has 1 aromatic heterocycles. The van der Waals surface area contributed by atoms with Crippen molar-refractivity contribution in [1.82, 2.24) is 4.98 Å². The maximum absolute atomic E-state index is 11.3. The molecule has 1 aromatic rings. The van der Waals surface area contributed by atoms with E-state index in [0.29, 0.717) is 17.9 Å². The van der Waals surface area contributed by atoms with E-state index in [0.717, 1.165) is 25.7 Å². The van der Waals surface area contributed by atoms with Crippen LogP contribution in [0.25, 0.3) is 0 Å². The van der Waals surface area contributed by atoms with Gasteiger partial charge in [0.1, 0.15) is 11.4 Å². The molecule has 110 valence electrons. The van der Waals surface area contributed by atoms with Crippen LogP contribution in [-0.2, 0) is 0 Å². The number of hydrogen-bond acceptors (Lipinski definition) is 4. The van der Waals surface area contributed by atoms with Crippen molar-refractivity contribution in [3.63, 3.8) is 0 Å². The molecule has 1 fully saturated rings. The van der Waals surface area contributed by atoms with E-state index < -0.39 is 5.97 Å². The van der Waals surface area contributed by atoms with Crippen LogP contribution in [0.2, 0.25) is 0 Å². The Balaban J connectivity index is 2.14. The van der Waals surface area contributed by atoms with E-state index in [1.165, 1.54) is 6.42 Å². The van der Waals surface area contributed by atoms with E-state index >= 15 is 0 Å². The number of nitrogens with one attached hydrogen (secondary N) is 1. The fraction of sp³-hybridized carbons (Fsp3) is 0.600. The first kappa shape index (κ1) is 14.8. The smallest absolute Gasteiger partial charge is 0.339 e. The van der Waals surface area contributed by atoms with Gasteiger partial charge in [-0.3, -0.25) is 0 Å². The topological polar surface area (TPSA) is 82.5 Å². The van der Waals surface area contributed by atoms with Crippen LogP contribution in [0.1, 0.15) is 48.0 Å².